The Labute approximate surface area is 177 Å². The number of benzene rings is 2. The number of hydrogen-bond donors (Lipinski definition) is 2. The molecule has 1 heterocycles. The van der Waals surface area contributed by atoms with E-state index >= 15 is 0 Å². The second-order valence-corrected chi connectivity index (χ2v) is 8.47. The fourth-order valence-electron chi connectivity index (χ4n) is 4.92. The van der Waals surface area contributed by atoms with Gasteiger partial charge in [-0.05, 0) is 42.5 Å². The zero-order valence-corrected chi connectivity index (χ0v) is 17.2. The largest absolute Gasteiger partial charge is 0.368 e. The lowest BCUT2D eigenvalue weighted by Gasteiger charge is -2.33. The predicted molar refractivity (Wildman–Crippen MR) is 125 cm³/mol. The standard InChI is InChI=1S/C26H28N4/c27-25-29-23-15-14-20(18-22(23)24(30-25)28-21-12-6-2-7-13-21)26(16-8-3-9-17-26)19-10-4-1-5-11-19/h1,3-5,8-11,14-16,18,21H,2,6-7,12-13,17H2,(H3,27,28,29,30). The normalized spacial score (nSPS) is 21.7. The van der Waals surface area contributed by atoms with E-state index in [2.05, 4.69) is 88.1 Å². The lowest BCUT2D eigenvalue weighted by Crippen LogP contribution is -2.26. The molecule has 0 bridgehead atoms. The second-order valence-electron chi connectivity index (χ2n) is 8.47. The average molecular weight is 397 g/mol. The van der Waals surface area contributed by atoms with Crippen LogP contribution < -0.4 is 11.1 Å². The molecule has 4 heteroatoms. The molecule has 1 aromatic heterocycles. The van der Waals surface area contributed by atoms with Crippen molar-refractivity contribution >= 4 is 22.7 Å². The summed E-state index contributed by atoms with van der Waals surface area (Å²) in [5.74, 6) is 1.19. The topological polar surface area (TPSA) is 63.8 Å². The summed E-state index contributed by atoms with van der Waals surface area (Å²) in [5, 5.41) is 4.73. The average Bonchev–Trinajstić information content (AvgIpc) is 2.80. The number of anilines is 2. The smallest absolute Gasteiger partial charge is 0.222 e. The Kier molecular flexibility index (Phi) is 4.99. The molecule has 1 fully saturated rings. The first-order valence-electron chi connectivity index (χ1n) is 11.0. The summed E-state index contributed by atoms with van der Waals surface area (Å²) in [7, 11) is 0. The van der Waals surface area contributed by atoms with Crippen LogP contribution in [0.2, 0.25) is 0 Å². The highest BCUT2D eigenvalue weighted by Gasteiger charge is 2.32. The Bertz CT molecular complexity index is 1100. The molecule has 3 N–H and O–H groups in total. The number of allylic oxidation sites excluding steroid dienone is 4. The van der Waals surface area contributed by atoms with Crippen molar-refractivity contribution in [1.82, 2.24) is 9.97 Å². The molecular weight excluding hydrogens is 368 g/mol. The van der Waals surface area contributed by atoms with E-state index in [4.69, 9.17) is 5.73 Å². The van der Waals surface area contributed by atoms with Gasteiger partial charge in [-0.1, -0.05) is 80.0 Å². The maximum absolute atomic E-state index is 6.05. The third-order valence-electron chi connectivity index (χ3n) is 6.53. The Morgan fingerprint density at radius 3 is 2.50 bits per heavy atom. The third kappa shape index (κ3) is 3.47. The molecule has 1 atom stereocenters. The zero-order valence-electron chi connectivity index (χ0n) is 17.2. The quantitative estimate of drug-likeness (QED) is 0.588. The fourth-order valence-corrected chi connectivity index (χ4v) is 4.92. The van der Waals surface area contributed by atoms with Gasteiger partial charge in [0, 0.05) is 16.8 Å². The van der Waals surface area contributed by atoms with E-state index in [1.165, 1.54) is 43.2 Å². The van der Waals surface area contributed by atoms with E-state index < -0.39 is 0 Å². The van der Waals surface area contributed by atoms with Crippen LogP contribution in [-0.4, -0.2) is 16.0 Å². The predicted octanol–water partition coefficient (Wildman–Crippen LogP) is 5.76. The van der Waals surface area contributed by atoms with Crippen LogP contribution in [0.3, 0.4) is 0 Å². The summed E-state index contributed by atoms with van der Waals surface area (Å²) < 4.78 is 0. The minimum absolute atomic E-state index is 0.187. The van der Waals surface area contributed by atoms with Crippen molar-refractivity contribution in [2.75, 3.05) is 11.1 Å². The first kappa shape index (κ1) is 18.9. The number of aromatic nitrogens is 2. The molecule has 5 rings (SSSR count). The Morgan fingerprint density at radius 1 is 0.900 bits per heavy atom. The third-order valence-corrected chi connectivity index (χ3v) is 6.53. The van der Waals surface area contributed by atoms with E-state index in [0.29, 0.717) is 12.0 Å². The number of rotatable bonds is 4. The molecule has 3 aromatic rings. The van der Waals surface area contributed by atoms with Gasteiger partial charge in [-0.3, -0.25) is 0 Å². The highest BCUT2D eigenvalue weighted by Crippen LogP contribution is 2.41. The zero-order chi connectivity index (χ0) is 20.4. The number of nitrogens with one attached hydrogen (secondary N) is 1. The summed E-state index contributed by atoms with van der Waals surface area (Å²) in [4.78, 5) is 9.11. The molecule has 0 aliphatic heterocycles. The van der Waals surface area contributed by atoms with Crippen molar-refractivity contribution in [1.29, 1.82) is 0 Å². The number of nitrogens with zero attached hydrogens (tertiary/aromatic N) is 2. The molecule has 2 aromatic carbocycles. The van der Waals surface area contributed by atoms with Crippen LogP contribution in [0.5, 0.6) is 0 Å². The Hall–Kier alpha value is -3.14. The van der Waals surface area contributed by atoms with E-state index in [0.717, 1.165) is 23.1 Å². The molecule has 152 valence electrons. The summed E-state index contributed by atoms with van der Waals surface area (Å²) >= 11 is 0. The molecule has 30 heavy (non-hydrogen) atoms. The lowest BCUT2D eigenvalue weighted by molar-refractivity contribution is 0.462. The summed E-state index contributed by atoms with van der Waals surface area (Å²) in [6.45, 7) is 0. The van der Waals surface area contributed by atoms with Gasteiger partial charge in [-0.15, -0.1) is 0 Å². The highest BCUT2D eigenvalue weighted by atomic mass is 15.1. The maximum atomic E-state index is 6.05. The summed E-state index contributed by atoms with van der Waals surface area (Å²) in [5.41, 5.74) is 9.30. The van der Waals surface area contributed by atoms with Crippen molar-refractivity contribution in [3.05, 3.63) is 84.0 Å². The van der Waals surface area contributed by atoms with E-state index in [9.17, 15) is 0 Å². The van der Waals surface area contributed by atoms with Crippen molar-refractivity contribution < 1.29 is 0 Å². The molecule has 0 saturated heterocycles. The minimum Gasteiger partial charge on any atom is -0.368 e. The number of nitrogen functional groups attached to an aromatic ring is 1. The van der Waals surface area contributed by atoms with Gasteiger partial charge in [0.05, 0.1) is 5.52 Å². The molecule has 0 amide bonds. The van der Waals surface area contributed by atoms with Crippen LogP contribution in [-0.2, 0) is 5.41 Å². The molecule has 1 unspecified atom stereocenters. The molecule has 0 spiro atoms. The molecule has 2 aliphatic carbocycles. The Morgan fingerprint density at radius 2 is 1.73 bits per heavy atom. The van der Waals surface area contributed by atoms with Gasteiger partial charge in [0.2, 0.25) is 5.95 Å². The summed E-state index contributed by atoms with van der Waals surface area (Å²) in [6, 6.07) is 17.7. The van der Waals surface area contributed by atoms with Crippen LogP contribution in [0.1, 0.15) is 49.7 Å². The summed E-state index contributed by atoms with van der Waals surface area (Å²) in [6.07, 6.45) is 16.0. The van der Waals surface area contributed by atoms with Gasteiger partial charge < -0.3 is 11.1 Å². The van der Waals surface area contributed by atoms with Crippen molar-refractivity contribution in [2.24, 2.45) is 0 Å². The van der Waals surface area contributed by atoms with Gasteiger partial charge in [-0.25, -0.2) is 4.98 Å². The fraction of sp³-hybridized carbons (Fsp3) is 0.308. The number of hydrogen-bond acceptors (Lipinski definition) is 4. The molecule has 2 aliphatic rings. The minimum atomic E-state index is -0.187. The lowest BCUT2D eigenvalue weighted by atomic mass is 9.70. The molecular formula is C26H28N4. The van der Waals surface area contributed by atoms with E-state index in [1.54, 1.807) is 0 Å². The van der Waals surface area contributed by atoms with Crippen molar-refractivity contribution in [2.45, 2.75) is 50.0 Å². The van der Waals surface area contributed by atoms with Crippen molar-refractivity contribution in [3.63, 3.8) is 0 Å². The highest BCUT2D eigenvalue weighted by molar-refractivity contribution is 5.91. The SMILES string of the molecule is Nc1nc(NC2CCCCC2)c2cc(C3(c4ccccc4)C=CC=CC3)ccc2n1. The van der Waals surface area contributed by atoms with Gasteiger partial charge in [-0.2, -0.15) is 4.98 Å². The Balaban J connectivity index is 1.62. The van der Waals surface area contributed by atoms with Crippen LogP contribution in [0, 0.1) is 0 Å². The number of fused-ring (bicyclic) bond motifs is 1. The molecule has 1 saturated carbocycles. The van der Waals surface area contributed by atoms with Crippen LogP contribution in [0.15, 0.2) is 72.8 Å². The van der Waals surface area contributed by atoms with Gasteiger partial charge >= 0.3 is 0 Å². The number of nitrogens with two attached hydrogens (primary N) is 1. The van der Waals surface area contributed by atoms with Crippen LogP contribution in [0.4, 0.5) is 11.8 Å². The second kappa shape index (κ2) is 7.94. The monoisotopic (exact) mass is 396 g/mol. The maximum Gasteiger partial charge on any atom is 0.222 e. The van der Waals surface area contributed by atoms with Crippen LogP contribution >= 0.6 is 0 Å². The van der Waals surface area contributed by atoms with Crippen LogP contribution in [0.25, 0.3) is 10.9 Å². The first-order chi connectivity index (χ1) is 14.7. The van der Waals surface area contributed by atoms with Crippen molar-refractivity contribution in [3.8, 4) is 0 Å². The van der Waals surface area contributed by atoms with Gasteiger partial charge in [0.1, 0.15) is 5.82 Å². The van der Waals surface area contributed by atoms with Gasteiger partial charge in [0.25, 0.3) is 0 Å². The van der Waals surface area contributed by atoms with E-state index in [1.807, 2.05) is 0 Å². The van der Waals surface area contributed by atoms with E-state index in [-0.39, 0.29) is 5.41 Å². The molecule has 4 nitrogen and oxygen atoms in total. The van der Waals surface area contributed by atoms with Gasteiger partial charge in [0.15, 0.2) is 0 Å². The first-order valence-corrected chi connectivity index (χ1v) is 11.0. The molecule has 0 radical (unpaired) electrons.